The molecule has 1 heterocycles. The summed E-state index contributed by atoms with van der Waals surface area (Å²) in [7, 11) is -3.82. The lowest BCUT2D eigenvalue weighted by Crippen LogP contribution is -2.17. The maximum Gasteiger partial charge on any atom is 0.238 e. The Bertz CT molecular complexity index is 844. The highest BCUT2D eigenvalue weighted by atomic mass is 32.2. The van der Waals surface area contributed by atoms with Gasteiger partial charge in [-0.25, -0.2) is 18.5 Å². The third-order valence-corrected chi connectivity index (χ3v) is 6.20. The van der Waals surface area contributed by atoms with Crippen molar-refractivity contribution in [2.75, 3.05) is 11.1 Å². The molecule has 6 nitrogen and oxygen atoms in total. The molecule has 0 unspecified atom stereocenters. The molecule has 2 rings (SSSR count). The highest BCUT2D eigenvalue weighted by Crippen LogP contribution is 2.25. The fourth-order valence-corrected chi connectivity index (χ4v) is 4.11. The maximum atomic E-state index is 12.1. The van der Waals surface area contributed by atoms with Crippen LogP contribution in [0.4, 0.5) is 5.69 Å². The van der Waals surface area contributed by atoms with Crippen molar-refractivity contribution in [2.45, 2.75) is 30.0 Å². The van der Waals surface area contributed by atoms with Crippen molar-refractivity contribution in [3.63, 3.8) is 0 Å². The Kier molecular flexibility index (Phi) is 5.45. The summed E-state index contributed by atoms with van der Waals surface area (Å²) in [6.07, 6.45) is 0. The van der Waals surface area contributed by atoms with Crippen LogP contribution in [0.15, 0.2) is 26.7 Å². The molecular weight excluding hydrogens is 354 g/mol. The van der Waals surface area contributed by atoms with Crippen LogP contribution in [0.5, 0.6) is 0 Å². The molecule has 3 N–H and O–H groups in total. The number of nitrogens with zero attached hydrogens (tertiary/aromatic N) is 1. The van der Waals surface area contributed by atoms with E-state index in [2.05, 4.69) is 10.3 Å². The van der Waals surface area contributed by atoms with Gasteiger partial charge in [-0.1, -0.05) is 11.8 Å². The molecule has 23 heavy (non-hydrogen) atoms. The van der Waals surface area contributed by atoms with Crippen molar-refractivity contribution in [3.8, 4) is 0 Å². The van der Waals surface area contributed by atoms with E-state index in [-0.39, 0.29) is 16.6 Å². The molecule has 0 saturated carbocycles. The number of carbonyl (C=O) groups excluding carboxylic acids is 1. The van der Waals surface area contributed by atoms with Crippen LogP contribution < -0.4 is 10.5 Å². The topological polar surface area (TPSA) is 102 Å². The highest BCUT2D eigenvalue weighted by Gasteiger charge is 2.14. The normalized spacial score (nSPS) is 11.5. The highest BCUT2D eigenvalue weighted by molar-refractivity contribution is 8.01. The van der Waals surface area contributed by atoms with Gasteiger partial charge in [0.15, 0.2) is 4.34 Å². The Labute approximate surface area is 143 Å². The molecule has 0 aliphatic heterocycles. The number of hydrogen-bond acceptors (Lipinski definition) is 6. The van der Waals surface area contributed by atoms with Gasteiger partial charge in [-0.2, -0.15) is 0 Å². The molecular formula is C14H17N3O3S3. The van der Waals surface area contributed by atoms with E-state index in [4.69, 9.17) is 5.14 Å². The number of thiazole rings is 1. The molecule has 0 atom stereocenters. The first kappa shape index (κ1) is 17.9. The third-order valence-electron chi connectivity index (χ3n) is 3.17. The first-order valence-electron chi connectivity index (χ1n) is 6.65. The van der Waals surface area contributed by atoms with Crippen LogP contribution in [0.2, 0.25) is 0 Å². The molecule has 1 aromatic heterocycles. The van der Waals surface area contributed by atoms with Gasteiger partial charge in [0.1, 0.15) is 0 Å². The molecule has 2 aromatic rings. The van der Waals surface area contributed by atoms with Crippen molar-refractivity contribution < 1.29 is 13.2 Å². The number of sulfonamides is 1. The molecule has 0 bridgehead atoms. The smallest absolute Gasteiger partial charge is 0.238 e. The lowest BCUT2D eigenvalue weighted by molar-refractivity contribution is -0.113. The number of aryl methyl sites for hydroxylation is 2. The SMILES string of the molecule is Cc1csc(SCC(=O)Nc2cc(S(N)(=O)=O)cc(C)c2C)n1. The fraction of sp³-hybridized carbons (Fsp3) is 0.286. The predicted molar refractivity (Wildman–Crippen MR) is 93.5 cm³/mol. The molecule has 0 spiro atoms. The first-order valence-corrected chi connectivity index (χ1v) is 10.1. The van der Waals surface area contributed by atoms with Crippen LogP contribution in [0.25, 0.3) is 0 Å². The Morgan fingerprint density at radius 1 is 1.35 bits per heavy atom. The zero-order valence-corrected chi connectivity index (χ0v) is 15.4. The van der Waals surface area contributed by atoms with Crippen molar-refractivity contribution >= 4 is 44.7 Å². The van der Waals surface area contributed by atoms with Gasteiger partial charge < -0.3 is 5.32 Å². The van der Waals surface area contributed by atoms with E-state index in [1.807, 2.05) is 19.2 Å². The van der Waals surface area contributed by atoms with Gasteiger partial charge in [-0.3, -0.25) is 4.79 Å². The van der Waals surface area contributed by atoms with Crippen LogP contribution in [-0.4, -0.2) is 25.1 Å². The van der Waals surface area contributed by atoms with Gasteiger partial charge in [-0.05, 0) is 44.0 Å². The van der Waals surface area contributed by atoms with Crippen LogP contribution in [0.3, 0.4) is 0 Å². The van der Waals surface area contributed by atoms with Crippen LogP contribution >= 0.6 is 23.1 Å². The van der Waals surface area contributed by atoms with Gasteiger partial charge in [0.05, 0.1) is 10.6 Å². The fourth-order valence-electron chi connectivity index (χ4n) is 1.83. The molecule has 0 fully saturated rings. The van der Waals surface area contributed by atoms with Gasteiger partial charge in [-0.15, -0.1) is 11.3 Å². The zero-order chi connectivity index (χ0) is 17.2. The summed E-state index contributed by atoms with van der Waals surface area (Å²) in [4.78, 5) is 16.3. The zero-order valence-electron chi connectivity index (χ0n) is 12.9. The molecule has 0 radical (unpaired) electrons. The summed E-state index contributed by atoms with van der Waals surface area (Å²) in [6, 6.07) is 2.88. The molecule has 9 heteroatoms. The van der Waals surface area contributed by atoms with E-state index in [0.717, 1.165) is 21.2 Å². The summed E-state index contributed by atoms with van der Waals surface area (Å²) < 4.78 is 23.8. The number of primary sulfonamides is 1. The standard InChI is InChI=1S/C14H17N3O3S3/c1-8-4-11(23(15,19)20)5-12(10(8)3)17-13(18)7-22-14-16-9(2)6-21-14/h4-6H,7H2,1-3H3,(H,17,18)(H2,15,19,20). The number of rotatable bonds is 5. The summed E-state index contributed by atoms with van der Waals surface area (Å²) >= 11 is 2.83. The lowest BCUT2D eigenvalue weighted by atomic mass is 10.1. The van der Waals surface area contributed by atoms with Crippen molar-refractivity contribution in [3.05, 3.63) is 34.3 Å². The lowest BCUT2D eigenvalue weighted by Gasteiger charge is -2.12. The number of nitrogens with one attached hydrogen (secondary N) is 1. The van der Waals surface area contributed by atoms with E-state index >= 15 is 0 Å². The minimum atomic E-state index is -3.82. The second-order valence-corrected chi connectivity index (χ2v) is 8.69. The van der Waals surface area contributed by atoms with E-state index in [1.54, 1.807) is 6.92 Å². The van der Waals surface area contributed by atoms with E-state index in [0.29, 0.717) is 5.69 Å². The van der Waals surface area contributed by atoms with E-state index < -0.39 is 10.0 Å². The number of carbonyl (C=O) groups is 1. The Morgan fingerprint density at radius 2 is 2.04 bits per heavy atom. The van der Waals surface area contributed by atoms with Gasteiger partial charge in [0.25, 0.3) is 0 Å². The second-order valence-electron chi connectivity index (χ2n) is 5.05. The molecule has 0 aliphatic carbocycles. The number of benzene rings is 1. The Hall–Kier alpha value is -1.42. The van der Waals surface area contributed by atoms with Gasteiger partial charge >= 0.3 is 0 Å². The van der Waals surface area contributed by atoms with Crippen LogP contribution in [-0.2, 0) is 14.8 Å². The molecule has 1 aromatic carbocycles. The van der Waals surface area contributed by atoms with Crippen molar-refractivity contribution in [2.24, 2.45) is 5.14 Å². The number of hydrogen-bond donors (Lipinski definition) is 2. The number of amides is 1. The predicted octanol–water partition coefficient (Wildman–Crippen LogP) is 2.45. The minimum Gasteiger partial charge on any atom is -0.325 e. The number of anilines is 1. The third kappa shape index (κ3) is 4.77. The first-order chi connectivity index (χ1) is 10.7. The van der Waals surface area contributed by atoms with Crippen molar-refractivity contribution in [1.82, 2.24) is 4.98 Å². The summed E-state index contributed by atoms with van der Waals surface area (Å²) in [5, 5.41) is 9.82. The van der Waals surface area contributed by atoms with Gasteiger partial charge in [0.2, 0.25) is 15.9 Å². The Morgan fingerprint density at radius 3 is 2.61 bits per heavy atom. The van der Waals surface area contributed by atoms with E-state index in [9.17, 15) is 13.2 Å². The largest absolute Gasteiger partial charge is 0.325 e. The summed E-state index contributed by atoms with van der Waals surface area (Å²) in [5.74, 6) is -0.0256. The minimum absolute atomic E-state index is 0.0147. The number of thioether (sulfide) groups is 1. The van der Waals surface area contributed by atoms with Crippen molar-refractivity contribution in [1.29, 1.82) is 0 Å². The quantitative estimate of drug-likeness (QED) is 0.786. The maximum absolute atomic E-state index is 12.1. The monoisotopic (exact) mass is 371 g/mol. The second kappa shape index (κ2) is 7.00. The van der Waals surface area contributed by atoms with Crippen LogP contribution in [0.1, 0.15) is 16.8 Å². The summed E-state index contributed by atoms with van der Waals surface area (Å²) in [5.41, 5.74) is 2.93. The average molecular weight is 372 g/mol. The number of aromatic nitrogens is 1. The summed E-state index contributed by atoms with van der Waals surface area (Å²) in [6.45, 7) is 5.48. The number of nitrogens with two attached hydrogens (primary N) is 1. The molecule has 1 amide bonds. The molecule has 0 saturated heterocycles. The average Bonchev–Trinajstić information content (AvgIpc) is 2.86. The molecule has 0 aliphatic rings. The van der Waals surface area contributed by atoms with E-state index in [1.165, 1.54) is 35.2 Å². The molecule has 124 valence electrons. The van der Waals surface area contributed by atoms with Gasteiger partial charge in [0, 0.05) is 16.8 Å². The van der Waals surface area contributed by atoms with Crippen LogP contribution in [0, 0.1) is 20.8 Å². The Balaban J connectivity index is 2.12.